The minimum absolute atomic E-state index is 0.0409. The van der Waals surface area contributed by atoms with Gasteiger partial charge in [-0.1, -0.05) is 0 Å². The van der Waals surface area contributed by atoms with E-state index in [1.165, 1.54) is 13.0 Å². The summed E-state index contributed by atoms with van der Waals surface area (Å²) in [6.45, 7) is 8.47. The van der Waals surface area contributed by atoms with E-state index in [4.69, 9.17) is 16.3 Å². The smallest absolute Gasteiger partial charge is 0.0753 e. The van der Waals surface area contributed by atoms with Crippen molar-refractivity contribution in [2.45, 2.75) is 32.3 Å². The lowest BCUT2D eigenvalue weighted by Gasteiger charge is -2.38. The molecule has 0 aromatic carbocycles. The van der Waals surface area contributed by atoms with E-state index in [1.54, 1.807) is 0 Å². The van der Waals surface area contributed by atoms with E-state index in [0.29, 0.717) is 0 Å². The first-order valence-electron chi connectivity index (χ1n) is 5.06. The third-order valence-corrected chi connectivity index (χ3v) is 2.63. The van der Waals surface area contributed by atoms with Gasteiger partial charge in [-0.15, -0.1) is 11.6 Å². The van der Waals surface area contributed by atoms with E-state index >= 15 is 0 Å². The predicted molar refractivity (Wildman–Crippen MR) is 56.4 cm³/mol. The average molecular weight is 206 g/mol. The van der Waals surface area contributed by atoms with E-state index < -0.39 is 0 Å². The van der Waals surface area contributed by atoms with Crippen LogP contribution in [0.25, 0.3) is 0 Å². The summed E-state index contributed by atoms with van der Waals surface area (Å²) in [4.78, 5) is 2.47. The quantitative estimate of drug-likeness (QED) is 0.515. The van der Waals surface area contributed by atoms with Gasteiger partial charge in [-0.3, -0.25) is 4.90 Å². The second-order valence-corrected chi connectivity index (χ2v) is 4.66. The first-order chi connectivity index (χ1) is 6.14. The maximum Gasteiger partial charge on any atom is 0.0753 e. The molecule has 0 atom stereocenters. The first kappa shape index (κ1) is 11.3. The monoisotopic (exact) mass is 205 g/mol. The summed E-state index contributed by atoms with van der Waals surface area (Å²) < 4.78 is 5.63. The molecule has 13 heavy (non-hydrogen) atoms. The maximum absolute atomic E-state index is 5.63. The number of alkyl halides is 1. The summed E-state index contributed by atoms with van der Waals surface area (Å²) in [6.07, 6.45) is 2.33. The molecule has 78 valence electrons. The number of morpholine rings is 1. The van der Waals surface area contributed by atoms with Gasteiger partial charge in [0.05, 0.1) is 12.2 Å². The van der Waals surface area contributed by atoms with Gasteiger partial charge in [0.1, 0.15) is 0 Å². The molecule has 1 fully saturated rings. The molecular weight excluding hydrogens is 186 g/mol. The Morgan fingerprint density at radius 1 is 1.38 bits per heavy atom. The van der Waals surface area contributed by atoms with E-state index in [0.717, 1.165) is 32.0 Å². The van der Waals surface area contributed by atoms with Crippen LogP contribution < -0.4 is 0 Å². The fraction of sp³-hybridized carbons (Fsp3) is 1.00. The molecule has 1 saturated heterocycles. The third kappa shape index (κ3) is 4.30. The normalized spacial score (nSPS) is 23.3. The van der Waals surface area contributed by atoms with Crippen molar-refractivity contribution < 1.29 is 4.74 Å². The van der Waals surface area contributed by atoms with Crippen LogP contribution >= 0.6 is 11.6 Å². The highest BCUT2D eigenvalue weighted by molar-refractivity contribution is 6.17. The number of nitrogens with zero attached hydrogens (tertiary/aromatic N) is 1. The van der Waals surface area contributed by atoms with E-state index in [1.807, 2.05) is 0 Å². The number of hydrogen-bond donors (Lipinski definition) is 0. The molecule has 1 rings (SSSR count). The first-order valence-corrected chi connectivity index (χ1v) is 5.60. The summed E-state index contributed by atoms with van der Waals surface area (Å²) in [7, 11) is 0. The Hall–Kier alpha value is 0.210. The Labute approximate surface area is 86.2 Å². The van der Waals surface area contributed by atoms with Crippen LogP contribution in [0.1, 0.15) is 26.7 Å². The van der Waals surface area contributed by atoms with Crippen LogP contribution in [0.2, 0.25) is 0 Å². The molecule has 1 aliphatic rings. The molecule has 0 aliphatic carbocycles. The van der Waals surface area contributed by atoms with Gasteiger partial charge in [-0.05, 0) is 33.2 Å². The highest BCUT2D eigenvalue weighted by atomic mass is 35.5. The zero-order valence-corrected chi connectivity index (χ0v) is 9.44. The summed E-state index contributed by atoms with van der Waals surface area (Å²) in [5.41, 5.74) is 0.0409. The lowest BCUT2D eigenvalue weighted by Crippen LogP contribution is -2.48. The standard InChI is InChI=1S/C10H20ClNO/c1-10(2)9-12(7-8-13-10)6-4-3-5-11/h3-9H2,1-2H3. The van der Waals surface area contributed by atoms with Gasteiger partial charge in [-0.2, -0.15) is 0 Å². The van der Waals surface area contributed by atoms with Crippen LogP contribution in [0.3, 0.4) is 0 Å². The zero-order chi connectivity index (χ0) is 9.73. The molecular formula is C10H20ClNO. The van der Waals surface area contributed by atoms with Crippen molar-refractivity contribution in [2.24, 2.45) is 0 Å². The molecule has 0 aromatic rings. The van der Waals surface area contributed by atoms with Crippen molar-refractivity contribution in [3.05, 3.63) is 0 Å². The molecule has 1 heterocycles. The van der Waals surface area contributed by atoms with Gasteiger partial charge in [0, 0.05) is 19.0 Å². The number of rotatable bonds is 4. The van der Waals surface area contributed by atoms with E-state index in [2.05, 4.69) is 18.7 Å². The number of ether oxygens (including phenoxy) is 1. The lowest BCUT2D eigenvalue weighted by molar-refractivity contribution is -0.0860. The summed E-state index contributed by atoms with van der Waals surface area (Å²) >= 11 is 5.63. The maximum atomic E-state index is 5.63. The van der Waals surface area contributed by atoms with Gasteiger partial charge >= 0.3 is 0 Å². The Kier molecular flexibility index (Phi) is 4.50. The van der Waals surface area contributed by atoms with Crippen LogP contribution in [-0.2, 0) is 4.74 Å². The minimum Gasteiger partial charge on any atom is -0.373 e. The van der Waals surface area contributed by atoms with Gasteiger partial charge < -0.3 is 4.74 Å². The zero-order valence-electron chi connectivity index (χ0n) is 8.68. The summed E-state index contributed by atoms with van der Waals surface area (Å²) in [6, 6.07) is 0. The Bertz CT molecular complexity index is 150. The van der Waals surface area contributed by atoms with Crippen molar-refractivity contribution in [1.82, 2.24) is 4.90 Å². The fourth-order valence-corrected chi connectivity index (χ4v) is 1.92. The Morgan fingerprint density at radius 3 is 2.77 bits per heavy atom. The van der Waals surface area contributed by atoms with Crippen LogP contribution in [0.5, 0.6) is 0 Å². The van der Waals surface area contributed by atoms with Gasteiger partial charge in [-0.25, -0.2) is 0 Å². The highest BCUT2D eigenvalue weighted by Crippen LogP contribution is 2.16. The summed E-state index contributed by atoms with van der Waals surface area (Å²) in [5, 5.41) is 0. The summed E-state index contributed by atoms with van der Waals surface area (Å²) in [5.74, 6) is 0.785. The molecule has 3 heteroatoms. The second kappa shape index (κ2) is 5.18. The van der Waals surface area contributed by atoms with Crippen molar-refractivity contribution in [1.29, 1.82) is 0 Å². The largest absolute Gasteiger partial charge is 0.373 e. The molecule has 0 N–H and O–H groups in total. The lowest BCUT2D eigenvalue weighted by atomic mass is 10.1. The predicted octanol–water partition coefficient (Wildman–Crippen LogP) is 2.12. The van der Waals surface area contributed by atoms with E-state index in [-0.39, 0.29) is 5.60 Å². The molecule has 2 nitrogen and oxygen atoms in total. The van der Waals surface area contributed by atoms with Crippen molar-refractivity contribution in [3.8, 4) is 0 Å². The van der Waals surface area contributed by atoms with Gasteiger partial charge in [0.15, 0.2) is 0 Å². The molecule has 0 aromatic heterocycles. The molecule has 0 saturated carbocycles. The van der Waals surface area contributed by atoms with Crippen LogP contribution in [-0.4, -0.2) is 42.6 Å². The SMILES string of the molecule is CC1(C)CN(CCCCCl)CCO1. The molecule has 0 radical (unpaired) electrons. The molecule has 0 unspecified atom stereocenters. The third-order valence-electron chi connectivity index (χ3n) is 2.36. The Balaban J connectivity index is 2.19. The molecule has 0 amide bonds. The molecule has 0 bridgehead atoms. The van der Waals surface area contributed by atoms with Crippen LogP contribution in [0.15, 0.2) is 0 Å². The van der Waals surface area contributed by atoms with Crippen molar-refractivity contribution in [3.63, 3.8) is 0 Å². The Morgan fingerprint density at radius 2 is 2.15 bits per heavy atom. The molecule has 1 aliphatic heterocycles. The number of hydrogen-bond acceptors (Lipinski definition) is 2. The van der Waals surface area contributed by atoms with Crippen LogP contribution in [0, 0.1) is 0 Å². The highest BCUT2D eigenvalue weighted by Gasteiger charge is 2.26. The number of unbranched alkanes of at least 4 members (excludes halogenated alkanes) is 1. The fourth-order valence-electron chi connectivity index (χ4n) is 1.73. The van der Waals surface area contributed by atoms with Gasteiger partial charge in [0.25, 0.3) is 0 Å². The van der Waals surface area contributed by atoms with Crippen LogP contribution in [0.4, 0.5) is 0 Å². The topological polar surface area (TPSA) is 12.5 Å². The van der Waals surface area contributed by atoms with E-state index in [9.17, 15) is 0 Å². The number of halogens is 1. The van der Waals surface area contributed by atoms with Crippen molar-refractivity contribution >= 4 is 11.6 Å². The minimum atomic E-state index is 0.0409. The van der Waals surface area contributed by atoms with Crippen molar-refractivity contribution in [2.75, 3.05) is 32.1 Å². The molecule has 0 spiro atoms. The van der Waals surface area contributed by atoms with Gasteiger partial charge in [0.2, 0.25) is 0 Å². The average Bonchev–Trinajstić information content (AvgIpc) is 2.03. The second-order valence-electron chi connectivity index (χ2n) is 4.28.